The fourth-order valence-corrected chi connectivity index (χ4v) is 3.32. The highest BCUT2D eigenvalue weighted by molar-refractivity contribution is 7.10. The van der Waals surface area contributed by atoms with E-state index in [1.54, 1.807) is 0 Å². The highest BCUT2D eigenvalue weighted by atomic mass is 35.5. The lowest BCUT2D eigenvalue weighted by atomic mass is 9.98. The fraction of sp³-hybridized carbons (Fsp3) is 0.583. The molecule has 0 saturated heterocycles. The molecule has 0 fully saturated rings. The van der Waals surface area contributed by atoms with Gasteiger partial charge in [0.05, 0.1) is 12.6 Å². The Balaban J connectivity index is 0.00000144. The average molecular weight is 275 g/mol. The van der Waals surface area contributed by atoms with Gasteiger partial charge in [0.2, 0.25) is 5.91 Å². The standard InChI is InChI=1S/C12H18N2OS.ClH/c1-3-10-9-5-7-16-11(9)4-6-14(10)12(15)8-13-2;/h5,7,10,13H,3-4,6,8H2,1-2H3;1H. The number of hydrogen-bond donors (Lipinski definition) is 1. The molecule has 1 N–H and O–H groups in total. The lowest BCUT2D eigenvalue weighted by Crippen LogP contribution is -2.43. The Bertz CT molecular complexity index is 380. The highest BCUT2D eigenvalue weighted by Crippen LogP contribution is 2.34. The minimum absolute atomic E-state index is 0. The molecule has 0 aliphatic carbocycles. The van der Waals surface area contributed by atoms with Gasteiger partial charge in [-0.15, -0.1) is 23.7 Å². The molecule has 2 heterocycles. The third kappa shape index (κ3) is 2.81. The van der Waals surface area contributed by atoms with Crippen molar-refractivity contribution in [3.05, 3.63) is 21.9 Å². The van der Waals surface area contributed by atoms with Crippen molar-refractivity contribution in [1.82, 2.24) is 10.2 Å². The molecule has 5 heteroatoms. The van der Waals surface area contributed by atoms with Gasteiger partial charge in [0.1, 0.15) is 0 Å². The van der Waals surface area contributed by atoms with Gasteiger partial charge in [-0.25, -0.2) is 0 Å². The van der Waals surface area contributed by atoms with Crippen molar-refractivity contribution in [1.29, 1.82) is 0 Å². The van der Waals surface area contributed by atoms with Crippen molar-refractivity contribution in [2.24, 2.45) is 0 Å². The van der Waals surface area contributed by atoms with E-state index in [0.29, 0.717) is 6.54 Å². The van der Waals surface area contributed by atoms with Crippen molar-refractivity contribution in [2.45, 2.75) is 25.8 Å². The van der Waals surface area contributed by atoms with Crippen LogP contribution >= 0.6 is 23.7 Å². The topological polar surface area (TPSA) is 32.3 Å². The summed E-state index contributed by atoms with van der Waals surface area (Å²) < 4.78 is 0. The largest absolute Gasteiger partial charge is 0.334 e. The van der Waals surface area contributed by atoms with Gasteiger partial charge in [0.25, 0.3) is 0 Å². The quantitative estimate of drug-likeness (QED) is 0.917. The van der Waals surface area contributed by atoms with Gasteiger partial charge >= 0.3 is 0 Å². The predicted octanol–water partition coefficient (Wildman–Crippen LogP) is 2.23. The van der Waals surface area contributed by atoms with Gasteiger partial charge in [-0.1, -0.05) is 6.92 Å². The Morgan fingerprint density at radius 1 is 1.65 bits per heavy atom. The Hall–Kier alpha value is -0.580. The normalized spacial score (nSPS) is 18.5. The zero-order valence-corrected chi connectivity index (χ0v) is 11.9. The van der Waals surface area contributed by atoms with Crippen LogP contribution in [0.25, 0.3) is 0 Å². The summed E-state index contributed by atoms with van der Waals surface area (Å²) in [6.07, 6.45) is 2.01. The second kappa shape index (κ2) is 6.38. The maximum absolute atomic E-state index is 12.0. The summed E-state index contributed by atoms with van der Waals surface area (Å²) in [6.45, 7) is 3.46. The van der Waals surface area contributed by atoms with E-state index >= 15 is 0 Å². The van der Waals surface area contributed by atoms with Crippen LogP contribution in [0.1, 0.15) is 29.8 Å². The van der Waals surface area contributed by atoms with Crippen LogP contribution in [0, 0.1) is 0 Å². The zero-order valence-electron chi connectivity index (χ0n) is 10.2. The molecule has 1 aromatic heterocycles. The number of thiophene rings is 1. The first kappa shape index (κ1) is 14.5. The summed E-state index contributed by atoms with van der Waals surface area (Å²) in [4.78, 5) is 15.4. The molecular weight excluding hydrogens is 256 g/mol. The minimum Gasteiger partial charge on any atom is -0.334 e. The van der Waals surface area contributed by atoms with E-state index in [9.17, 15) is 4.79 Å². The SMILES string of the molecule is CCC1c2ccsc2CCN1C(=O)CNC.Cl. The van der Waals surface area contributed by atoms with Crippen molar-refractivity contribution in [3.8, 4) is 0 Å². The van der Waals surface area contributed by atoms with Crippen LogP contribution < -0.4 is 5.32 Å². The Kier molecular flexibility index (Phi) is 5.43. The Morgan fingerprint density at radius 3 is 3.06 bits per heavy atom. The molecule has 0 aromatic carbocycles. The number of fused-ring (bicyclic) bond motifs is 1. The van der Waals surface area contributed by atoms with Crippen LogP contribution in [0.5, 0.6) is 0 Å². The number of halogens is 1. The lowest BCUT2D eigenvalue weighted by molar-refractivity contribution is -0.133. The van der Waals surface area contributed by atoms with Gasteiger partial charge < -0.3 is 10.2 Å². The molecule has 1 aliphatic heterocycles. The summed E-state index contributed by atoms with van der Waals surface area (Å²) >= 11 is 1.82. The molecule has 17 heavy (non-hydrogen) atoms. The van der Waals surface area contributed by atoms with Crippen LogP contribution in [-0.4, -0.2) is 30.9 Å². The molecule has 1 unspecified atom stereocenters. The number of likely N-dealkylation sites (N-methyl/N-ethyl adjacent to an activating group) is 1. The molecule has 1 aliphatic rings. The third-order valence-electron chi connectivity index (χ3n) is 3.13. The van der Waals surface area contributed by atoms with Gasteiger partial charge in [-0.05, 0) is 36.9 Å². The van der Waals surface area contributed by atoms with E-state index in [0.717, 1.165) is 19.4 Å². The first-order chi connectivity index (χ1) is 7.77. The van der Waals surface area contributed by atoms with E-state index in [1.807, 2.05) is 23.3 Å². The van der Waals surface area contributed by atoms with Crippen LogP contribution in [-0.2, 0) is 11.2 Å². The fourth-order valence-electron chi connectivity index (χ4n) is 2.39. The third-order valence-corrected chi connectivity index (χ3v) is 4.13. The van der Waals surface area contributed by atoms with Crippen LogP contribution in [0.4, 0.5) is 0 Å². The van der Waals surface area contributed by atoms with Crippen LogP contribution in [0.3, 0.4) is 0 Å². The number of nitrogens with one attached hydrogen (secondary N) is 1. The van der Waals surface area contributed by atoms with Gasteiger partial charge in [-0.3, -0.25) is 4.79 Å². The summed E-state index contributed by atoms with van der Waals surface area (Å²) in [7, 11) is 1.82. The Labute approximate surface area is 113 Å². The summed E-state index contributed by atoms with van der Waals surface area (Å²) in [5.41, 5.74) is 1.36. The first-order valence-electron chi connectivity index (χ1n) is 5.78. The van der Waals surface area contributed by atoms with Gasteiger partial charge in [0.15, 0.2) is 0 Å². The molecule has 1 aromatic rings. The highest BCUT2D eigenvalue weighted by Gasteiger charge is 2.29. The summed E-state index contributed by atoms with van der Waals surface area (Å²) in [5.74, 6) is 0.214. The second-order valence-electron chi connectivity index (χ2n) is 4.09. The molecule has 2 rings (SSSR count). The number of rotatable bonds is 3. The molecule has 1 atom stereocenters. The molecule has 0 bridgehead atoms. The maximum Gasteiger partial charge on any atom is 0.237 e. The predicted molar refractivity (Wildman–Crippen MR) is 73.9 cm³/mol. The molecule has 0 radical (unpaired) electrons. The molecule has 3 nitrogen and oxygen atoms in total. The average Bonchev–Trinajstić information content (AvgIpc) is 2.75. The van der Waals surface area contributed by atoms with Crippen molar-refractivity contribution >= 4 is 29.7 Å². The molecule has 1 amide bonds. The summed E-state index contributed by atoms with van der Waals surface area (Å²) in [5, 5.41) is 5.08. The van der Waals surface area contributed by atoms with Crippen molar-refractivity contribution < 1.29 is 4.79 Å². The summed E-state index contributed by atoms with van der Waals surface area (Å²) in [6, 6.07) is 2.46. The Morgan fingerprint density at radius 2 is 2.41 bits per heavy atom. The van der Waals surface area contributed by atoms with Crippen molar-refractivity contribution in [3.63, 3.8) is 0 Å². The van der Waals surface area contributed by atoms with E-state index in [4.69, 9.17) is 0 Å². The first-order valence-corrected chi connectivity index (χ1v) is 6.66. The van der Waals surface area contributed by atoms with E-state index in [1.165, 1.54) is 10.4 Å². The van der Waals surface area contributed by atoms with Crippen LogP contribution in [0.2, 0.25) is 0 Å². The number of carbonyl (C=O) groups is 1. The lowest BCUT2D eigenvalue weighted by Gasteiger charge is -2.35. The number of carbonyl (C=O) groups excluding carboxylic acids is 1. The second-order valence-corrected chi connectivity index (χ2v) is 5.09. The smallest absolute Gasteiger partial charge is 0.237 e. The minimum atomic E-state index is 0. The van der Waals surface area contributed by atoms with Gasteiger partial charge in [-0.2, -0.15) is 0 Å². The number of amides is 1. The monoisotopic (exact) mass is 274 g/mol. The molecule has 96 valence electrons. The van der Waals surface area contributed by atoms with Crippen LogP contribution in [0.15, 0.2) is 11.4 Å². The van der Waals surface area contributed by atoms with Crippen molar-refractivity contribution in [2.75, 3.05) is 20.1 Å². The van der Waals surface area contributed by atoms with Gasteiger partial charge in [0, 0.05) is 11.4 Å². The molecule has 0 saturated carbocycles. The van der Waals surface area contributed by atoms with E-state index < -0.39 is 0 Å². The number of nitrogens with zero attached hydrogens (tertiary/aromatic N) is 1. The maximum atomic E-state index is 12.0. The van der Waals surface area contributed by atoms with E-state index in [-0.39, 0.29) is 24.4 Å². The molecular formula is C12H19ClN2OS. The molecule has 0 spiro atoms. The zero-order chi connectivity index (χ0) is 11.5. The number of hydrogen-bond acceptors (Lipinski definition) is 3. The van der Waals surface area contributed by atoms with E-state index in [2.05, 4.69) is 23.7 Å².